The summed E-state index contributed by atoms with van der Waals surface area (Å²) in [5.41, 5.74) is 2.40. The van der Waals surface area contributed by atoms with E-state index in [2.05, 4.69) is 64.2 Å². The third-order valence-corrected chi connectivity index (χ3v) is 4.64. The molecule has 2 N–H and O–H groups in total. The van der Waals surface area contributed by atoms with Gasteiger partial charge in [-0.2, -0.15) is 0 Å². The Hall–Kier alpha value is -1.49. The van der Waals surface area contributed by atoms with Crippen molar-refractivity contribution in [2.45, 2.75) is 45.4 Å². The number of carboxylic acids is 1. The van der Waals surface area contributed by atoms with Gasteiger partial charge in [-0.3, -0.25) is 9.59 Å². The molecule has 0 unspecified atom stereocenters. The number of amides is 1. The monoisotopic (exact) mass is 337 g/mol. The maximum absolute atomic E-state index is 11.8. The first-order chi connectivity index (χ1) is 10.5. The van der Waals surface area contributed by atoms with E-state index in [1.165, 1.54) is 11.1 Å². The average molecular weight is 337 g/mol. The summed E-state index contributed by atoms with van der Waals surface area (Å²) in [6.07, 6.45) is 0. The van der Waals surface area contributed by atoms with Crippen LogP contribution in [-0.2, 0) is 20.4 Å². The molecule has 4 nitrogen and oxygen atoms in total. The molecule has 0 fully saturated rings. The number of carbonyl (C=O) groups is 2. The van der Waals surface area contributed by atoms with E-state index in [4.69, 9.17) is 5.11 Å². The first kappa shape index (κ1) is 19.6. The summed E-state index contributed by atoms with van der Waals surface area (Å²) >= 11 is 1.11. The summed E-state index contributed by atoms with van der Waals surface area (Å²) in [6.45, 7) is 11.2. The van der Waals surface area contributed by atoms with Crippen LogP contribution in [-0.4, -0.2) is 35.0 Å². The molecule has 0 spiro atoms. The maximum Gasteiger partial charge on any atom is 0.313 e. The molecule has 0 aliphatic rings. The average Bonchev–Trinajstić information content (AvgIpc) is 2.44. The molecule has 0 saturated heterocycles. The number of aliphatic carboxylic acids is 1. The van der Waals surface area contributed by atoms with E-state index in [9.17, 15) is 9.59 Å². The van der Waals surface area contributed by atoms with E-state index in [1.807, 2.05) is 0 Å². The van der Waals surface area contributed by atoms with Crippen molar-refractivity contribution < 1.29 is 14.7 Å². The van der Waals surface area contributed by atoms with Crippen LogP contribution in [0.5, 0.6) is 0 Å². The quantitative estimate of drug-likeness (QED) is 0.802. The van der Waals surface area contributed by atoms with Crippen LogP contribution in [0.2, 0.25) is 0 Å². The Bertz CT molecular complexity index is 544. The standard InChI is InChI=1S/C18H27NO3S/c1-17(2,3)13-6-8-14(9-7-13)18(4,5)12-19-15(20)10-23-11-16(21)22/h6-9H,10-12H2,1-5H3,(H,19,20)(H,21,22). The minimum atomic E-state index is -0.901. The number of thioether (sulfide) groups is 1. The van der Waals surface area contributed by atoms with Crippen LogP contribution in [0.1, 0.15) is 45.7 Å². The van der Waals surface area contributed by atoms with E-state index < -0.39 is 5.97 Å². The first-order valence-corrected chi connectivity index (χ1v) is 8.85. The molecule has 0 aromatic heterocycles. The second kappa shape index (κ2) is 7.86. The molecule has 0 heterocycles. The minimum Gasteiger partial charge on any atom is -0.481 e. The van der Waals surface area contributed by atoms with Crippen LogP contribution in [0.3, 0.4) is 0 Å². The number of carbonyl (C=O) groups excluding carboxylic acids is 1. The van der Waals surface area contributed by atoms with E-state index in [0.717, 1.165) is 11.8 Å². The molecule has 1 amide bonds. The van der Waals surface area contributed by atoms with Gasteiger partial charge in [-0.1, -0.05) is 58.9 Å². The van der Waals surface area contributed by atoms with Crippen molar-refractivity contribution in [1.29, 1.82) is 0 Å². The number of rotatable bonds is 7. The zero-order chi connectivity index (χ0) is 17.7. The summed E-state index contributed by atoms with van der Waals surface area (Å²) in [4.78, 5) is 22.2. The number of benzene rings is 1. The van der Waals surface area contributed by atoms with Gasteiger partial charge in [0.2, 0.25) is 5.91 Å². The second-order valence-electron chi connectivity index (χ2n) is 7.37. The summed E-state index contributed by atoms with van der Waals surface area (Å²) in [6, 6.07) is 8.51. The van der Waals surface area contributed by atoms with Gasteiger partial charge in [0.05, 0.1) is 11.5 Å². The van der Waals surface area contributed by atoms with Crippen molar-refractivity contribution in [2.24, 2.45) is 0 Å². The van der Waals surface area contributed by atoms with Crippen molar-refractivity contribution in [3.8, 4) is 0 Å². The fourth-order valence-corrected chi connectivity index (χ4v) is 2.69. The molecule has 0 bridgehead atoms. The number of carboxylic acid groups (broad SMARTS) is 1. The molecule has 5 heteroatoms. The Morgan fingerprint density at radius 1 is 1.00 bits per heavy atom. The lowest BCUT2D eigenvalue weighted by Crippen LogP contribution is -2.37. The Balaban J connectivity index is 2.58. The predicted octanol–water partition coefficient (Wildman–Crippen LogP) is 3.20. The fourth-order valence-electron chi connectivity index (χ4n) is 2.13. The SMILES string of the molecule is CC(C)(C)c1ccc(C(C)(C)CNC(=O)CSCC(=O)O)cc1. The van der Waals surface area contributed by atoms with Crippen molar-refractivity contribution in [2.75, 3.05) is 18.1 Å². The lowest BCUT2D eigenvalue weighted by atomic mass is 9.81. The lowest BCUT2D eigenvalue weighted by molar-refractivity contribution is -0.133. The van der Waals surface area contributed by atoms with Gasteiger partial charge in [0, 0.05) is 12.0 Å². The zero-order valence-electron chi connectivity index (χ0n) is 14.6. The van der Waals surface area contributed by atoms with Gasteiger partial charge in [0.15, 0.2) is 0 Å². The smallest absolute Gasteiger partial charge is 0.313 e. The van der Waals surface area contributed by atoms with E-state index >= 15 is 0 Å². The molecular weight excluding hydrogens is 310 g/mol. The highest BCUT2D eigenvalue weighted by molar-refractivity contribution is 8.00. The molecule has 1 rings (SSSR count). The Morgan fingerprint density at radius 3 is 2.00 bits per heavy atom. The molecule has 1 aromatic carbocycles. The Morgan fingerprint density at radius 2 is 1.52 bits per heavy atom. The molecule has 0 radical (unpaired) electrons. The van der Waals surface area contributed by atoms with Gasteiger partial charge in [-0.05, 0) is 16.5 Å². The minimum absolute atomic E-state index is 0.0505. The molecule has 1 aromatic rings. The Kier molecular flexibility index (Phi) is 6.69. The van der Waals surface area contributed by atoms with E-state index in [1.54, 1.807) is 0 Å². The molecule has 0 aliphatic carbocycles. The van der Waals surface area contributed by atoms with Crippen LogP contribution in [0.4, 0.5) is 0 Å². The summed E-state index contributed by atoms with van der Waals surface area (Å²) in [7, 11) is 0. The van der Waals surface area contributed by atoms with Crippen molar-refractivity contribution >= 4 is 23.6 Å². The van der Waals surface area contributed by atoms with Crippen molar-refractivity contribution in [3.05, 3.63) is 35.4 Å². The predicted molar refractivity (Wildman–Crippen MR) is 96.1 cm³/mol. The molecular formula is C18H27NO3S. The summed E-state index contributed by atoms with van der Waals surface area (Å²) in [5.74, 6) is -0.908. The van der Waals surface area contributed by atoms with Crippen LogP contribution < -0.4 is 5.32 Å². The van der Waals surface area contributed by atoms with Crippen molar-refractivity contribution in [1.82, 2.24) is 5.32 Å². The van der Waals surface area contributed by atoms with Crippen LogP contribution >= 0.6 is 11.8 Å². The van der Waals surface area contributed by atoms with Gasteiger partial charge in [0.25, 0.3) is 0 Å². The topological polar surface area (TPSA) is 66.4 Å². The van der Waals surface area contributed by atoms with Crippen LogP contribution in [0, 0.1) is 0 Å². The first-order valence-electron chi connectivity index (χ1n) is 7.69. The Labute approximate surface area is 143 Å². The molecule has 0 atom stereocenters. The van der Waals surface area contributed by atoms with Crippen molar-refractivity contribution in [3.63, 3.8) is 0 Å². The molecule has 128 valence electrons. The summed E-state index contributed by atoms with van der Waals surface area (Å²) < 4.78 is 0. The van der Waals surface area contributed by atoms with Gasteiger partial charge in [-0.25, -0.2) is 0 Å². The number of hydrogen-bond acceptors (Lipinski definition) is 3. The highest BCUT2D eigenvalue weighted by Crippen LogP contribution is 2.27. The van der Waals surface area contributed by atoms with Gasteiger partial charge < -0.3 is 10.4 Å². The van der Waals surface area contributed by atoms with Gasteiger partial charge >= 0.3 is 5.97 Å². The third-order valence-electron chi connectivity index (χ3n) is 3.72. The lowest BCUT2D eigenvalue weighted by Gasteiger charge is -2.27. The number of hydrogen-bond donors (Lipinski definition) is 2. The van der Waals surface area contributed by atoms with E-state index in [-0.39, 0.29) is 28.2 Å². The fraction of sp³-hybridized carbons (Fsp3) is 0.556. The highest BCUT2D eigenvalue weighted by Gasteiger charge is 2.22. The number of nitrogens with one attached hydrogen (secondary N) is 1. The molecule has 23 heavy (non-hydrogen) atoms. The van der Waals surface area contributed by atoms with E-state index in [0.29, 0.717) is 6.54 Å². The normalized spacial score (nSPS) is 12.0. The summed E-state index contributed by atoms with van der Waals surface area (Å²) in [5, 5.41) is 11.4. The highest BCUT2D eigenvalue weighted by atomic mass is 32.2. The second-order valence-corrected chi connectivity index (χ2v) is 8.36. The van der Waals surface area contributed by atoms with Gasteiger partial charge in [-0.15, -0.1) is 11.8 Å². The molecule has 0 saturated carbocycles. The van der Waals surface area contributed by atoms with Gasteiger partial charge in [0.1, 0.15) is 0 Å². The molecule has 0 aliphatic heterocycles. The zero-order valence-corrected chi connectivity index (χ0v) is 15.4. The maximum atomic E-state index is 11.8. The third kappa shape index (κ3) is 6.65. The largest absolute Gasteiger partial charge is 0.481 e. The van der Waals surface area contributed by atoms with Crippen LogP contribution in [0.15, 0.2) is 24.3 Å². The van der Waals surface area contributed by atoms with Crippen LogP contribution in [0.25, 0.3) is 0 Å².